The predicted molar refractivity (Wildman–Crippen MR) is 101 cm³/mol. The maximum atomic E-state index is 13.5. The number of hydrogen-bond donors (Lipinski definition) is 4. The molecule has 0 amide bonds. The molecule has 0 atom stereocenters. The van der Waals surface area contributed by atoms with Gasteiger partial charge in [0.2, 0.25) is 0 Å². The minimum absolute atomic E-state index is 0.0424. The van der Waals surface area contributed by atoms with Gasteiger partial charge in [-0.05, 0) is 48.7 Å². The van der Waals surface area contributed by atoms with Crippen molar-refractivity contribution in [3.63, 3.8) is 0 Å². The smallest absolute Gasteiger partial charge is 0.170 e. The molecule has 2 rings (SSSR count). The van der Waals surface area contributed by atoms with Crippen LogP contribution in [0.15, 0.2) is 36.4 Å². The Morgan fingerprint density at radius 3 is 1.42 bits per heavy atom. The molecule has 0 aliphatic carbocycles. The van der Waals surface area contributed by atoms with E-state index in [1.54, 1.807) is 0 Å². The van der Waals surface area contributed by atoms with Crippen molar-refractivity contribution in [3.8, 4) is 0 Å². The van der Waals surface area contributed by atoms with Crippen LogP contribution in [0.3, 0.4) is 0 Å². The first-order valence-electron chi connectivity index (χ1n) is 7.35. The Balaban J connectivity index is 1.70. The Bertz CT molecular complexity index is 749. The van der Waals surface area contributed by atoms with Crippen LogP contribution in [0.4, 0.5) is 28.9 Å². The monoisotopic (exact) mass is 402 g/mol. The Labute approximate surface area is 158 Å². The van der Waals surface area contributed by atoms with Crippen LogP contribution in [0, 0.1) is 23.3 Å². The number of benzene rings is 2. The third-order valence-electron chi connectivity index (χ3n) is 3.05. The van der Waals surface area contributed by atoms with Gasteiger partial charge in [0, 0.05) is 25.2 Å². The maximum absolute atomic E-state index is 13.5. The summed E-state index contributed by atoms with van der Waals surface area (Å²) in [4.78, 5) is 0. The van der Waals surface area contributed by atoms with Crippen LogP contribution < -0.4 is 21.3 Å². The average molecular weight is 402 g/mol. The van der Waals surface area contributed by atoms with Gasteiger partial charge in [0.05, 0.1) is 11.4 Å². The van der Waals surface area contributed by atoms with E-state index in [4.69, 9.17) is 24.4 Å². The van der Waals surface area contributed by atoms with Gasteiger partial charge < -0.3 is 21.3 Å². The second-order valence-corrected chi connectivity index (χ2v) is 5.83. The van der Waals surface area contributed by atoms with Crippen molar-refractivity contribution in [1.82, 2.24) is 10.6 Å². The van der Waals surface area contributed by atoms with Crippen LogP contribution in [0.5, 0.6) is 0 Å². The number of thiocarbonyl (C=S) groups is 2. The first-order valence-corrected chi connectivity index (χ1v) is 8.16. The number of halogens is 4. The highest BCUT2D eigenvalue weighted by Gasteiger charge is 2.06. The van der Waals surface area contributed by atoms with Gasteiger partial charge in [-0.2, -0.15) is 0 Å². The topological polar surface area (TPSA) is 48.1 Å². The third kappa shape index (κ3) is 6.12. The van der Waals surface area contributed by atoms with E-state index >= 15 is 0 Å². The molecule has 0 unspecified atom stereocenters. The lowest BCUT2D eigenvalue weighted by molar-refractivity contribution is 0.585. The summed E-state index contributed by atoms with van der Waals surface area (Å²) >= 11 is 10.00. The molecule has 4 nitrogen and oxygen atoms in total. The SMILES string of the molecule is Fc1ccc(NC(=S)NCCNC(=S)Nc2ccc(F)cc2F)c(F)c1. The molecule has 0 aliphatic rings. The Kier molecular flexibility index (Phi) is 7.10. The lowest BCUT2D eigenvalue weighted by Crippen LogP contribution is -2.38. The van der Waals surface area contributed by atoms with E-state index in [0.717, 1.165) is 24.3 Å². The first kappa shape index (κ1) is 19.9. The summed E-state index contributed by atoms with van der Waals surface area (Å²) in [6, 6.07) is 6.15. The molecule has 0 aromatic heterocycles. The summed E-state index contributed by atoms with van der Waals surface area (Å²) in [6.45, 7) is 0.644. The number of nitrogens with one attached hydrogen (secondary N) is 4. The Hall–Kier alpha value is -2.46. The highest BCUT2D eigenvalue weighted by molar-refractivity contribution is 7.80. The summed E-state index contributed by atoms with van der Waals surface area (Å²) in [6.07, 6.45) is 0. The summed E-state index contributed by atoms with van der Waals surface area (Å²) < 4.78 is 52.6. The minimum atomic E-state index is -0.765. The molecule has 2 aromatic carbocycles. The van der Waals surface area contributed by atoms with E-state index in [2.05, 4.69) is 21.3 Å². The highest BCUT2D eigenvalue weighted by Crippen LogP contribution is 2.15. The molecule has 0 saturated heterocycles. The predicted octanol–water partition coefficient (Wildman–Crippen LogP) is 3.52. The lowest BCUT2D eigenvalue weighted by atomic mass is 10.3. The van der Waals surface area contributed by atoms with Crippen LogP contribution in [-0.4, -0.2) is 23.3 Å². The molecule has 0 spiro atoms. The van der Waals surface area contributed by atoms with Crippen molar-refractivity contribution >= 4 is 46.0 Å². The number of hydrogen-bond acceptors (Lipinski definition) is 2. The Morgan fingerprint density at radius 1 is 0.692 bits per heavy atom. The zero-order valence-electron chi connectivity index (χ0n) is 13.2. The van der Waals surface area contributed by atoms with Crippen LogP contribution >= 0.6 is 24.4 Å². The van der Waals surface area contributed by atoms with E-state index in [0.29, 0.717) is 13.1 Å². The Morgan fingerprint density at radius 2 is 1.08 bits per heavy atom. The molecule has 0 bridgehead atoms. The van der Waals surface area contributed by atoms with Gasteiger partial charge in [0.15, 0.2) is 10.2 Å². The van der Waals surface area contributed by atoms with Gasteiger partial charge in [-0.1, -0.05) is 0 Å². The lowest BCUT2D eigenvalue weighted by Gasteiger charge is -2.13. The minimum Gasteiger partial charge on any atom is -0.361 e. The van der Waals surface area contributed by atoms with Gasteiger partial charge in [-0.15, -0.1) is 0 Å². The molecule has 2 aromatic rings. The molecule has 0 heterocycles. The normalized spacial score (nSPS) is 10.2. The van der Waals surface area contributed by atoms with Crippen LogP contribution in [0.2, 0.25) is 0 Å². The molecular formula is C16H14F4N4S2. The second kappa shape index (κ2) is 9.30. The maximum Gasteiger partial charge on any atom is 0.170 e. The highest BCUT2D eigenvalue weighted by atomic mass is 32.1. The molecule has 10 heteroatoms. The second-order valence-electron chi connectivity index (χ2n) is 5.01. The van der Waals surface area contributed by atoms with Gasteiger partial charge in [-0.25, -0.2) is 17.6 Å². The fraction of sp³-hybridized carbons (Fsp3) is 0.125. The van der Waals surface area contributed by atoms with E-state index in [1.165, 1.54) is 12.1 Å². The largest absolute Gasteiger partial charge is 0.361 e. The summed E-state index contributed by atoms with van der Waals surface area (Å²) in [5, 5.41) is 11.1. The first-order chi connectivity index (χ1) is 12.3. The summed E-state index contributed by atoms with van der Waals surface area (Å²) in [7, 11) is 0. The van der Waals surface area contributed by atoms with Gasteiger partial charge in [0.25, 0.3) is 0 Å². The van der Waals surface area contributed by atoms with Crippen LogP contribution in [0.25, 0.3) is 0 Å². The van der Waals surface area contributed by atoms with E-state index in [1.807, 2.05) is 0 Å². The van der Waals surface area contributed by atoms with Crippen molar-refractivity contribution in [2.24, 2.45) is 0 Å². The molecule has 26 heavy (non-hydrogen) atoms. The zero-order chi connectivity index (χ0) is 19.1. The molecule has 0 radical (unpaired) electrons. The molecule has 0 fully saturated rings. The van der Waals surface area contributed by atoms with E-state index in [9.17, 15) is 17.6 Å². The van der Waals surface area contributed by atoms with Crippen molar-refractivity contribution < 1.29 is 17.6 Å². The summed E-state index contributed by atoms with van der Waals surface area (Å²) in [5.74, 6) is -2.90. The molecule has 0 aliphatic heterocycles. The van der Waals surface area contributed by atoms with Gasteiger partial charge in [0.1, 0.15) is 23.3 Å². The van der Waals surface area contributed by atoms with E-state index < -0.39 is 23.3 Å². The zero-order valence-corrected chi connectivity index (χ0v) is 14.8. The fourth-order valence-corrected chi connectivity index (χ4v) is 2.29. The molecule has 138 valence electrons. The number of anilines is 2. The third-order valence-corrected chi connectivity index (χ3v) is 3.55. The quantitative estimate of drug-likeness (QED) is 0.349. The van der Waals surface area contributed by atoms with Crippen molar-refractivity contribution in [2.45, 2.75) is 0 Å². The standard InChI is InChI=1S/C16H14F4N4S2/c17-9-1-3-13(11(19)7-9)23-15(25)21-5-6-22-16(26)24-14-4-2-10(18)8-12(14)20/h1-4,7-8H,5-6H2,(H2,21,23,25)(H2,22,24,26). The van der Waals surface area contributed by atoms with Crippen LogP contribution in [0.1, 0.15) is 0 Å². The van der Waals surface area contributed by atoms with Gasteiger partial charge >= 0.3 is 0 Å². The van der Waals surface area contributed by atoms with Crippen molar-refractivity contribution in [2.75, 3.05) is 23.7 Å². The van der Waals surface area contributed by atoms with E-state index in [-0.39, 0.29) is 21.6 Å². The van der Waals surface area contributed by atoms with Gasteiger partial charge in [-0.3, -0.25) is 0 Å². The van der Waals surface area contributed by atoms with Crippen molar-refractivity contribution in [3.05, 3.63) is 59.7 Å². The molecular weight excluding hydrogens is 388 g/mol. The fourth-order valence-electron chi connectivity index (χ4n) is 1.87. The number of rotatable bonds is 5. The molecule has 4 N–H and O–H groups in total. The van der Waals surface area contributed by atoms with Crippen molar-refractivity contribution in [1.29, 1.82) is 0 Å². The average Bonchev–Trinajstić information content (AvgIpc) is 2.57. The molecule has 0 saturated carbocycles. The van der Waals surface area contributed by atoms with Crippen LogP contribution in [-0.2, 0) is 0 Å². The summed E-state index contributed by atoms with van der Waals surface area (Å²) in [5.41, 5.74) is 0.0849.